The molecule has 2 aromatic carbocycles. The number of carbonyl (C=O) groups excluding carboxylic acids is 1. The molecule has 0 amide bonds. The SMILES string of the molecule is CCOC(=O)C1CC1c1cn(S(=O)(=O)c2ccc(C)cc2)c2ccc(C#N)cc12. The van der Waals surface area contributed by atoms with Crippen molar-refractivity contribution < 1.29 is 17.9 Å². The van der Waals surface area contributed by atoms with E-state index in [0.717, 1.165) is 11.1 Å². The largest absolute Gasteiger partial charge is 0.466 e. The maximum atomic E-state index is 13.3. The molecule has 0 aliphatic heterocycles. The molecule has 0 spiro atoms. The van der Waals surface area contributed by atoms with Crippen LogP contribution >= 0.6 is 0 Å². The minimum absolute atomic E-state index is 0.111. The molecule has 0 saturated heterocycles. The van der Waals surface area contributed by atoms with Crippen LogP contribution in [-0.2, 0) is 19.6 Å². The van der Waals surface area contributed by atoms with Gasteiger partial charge in [-0.25, -0.2) is 12.4 Å². The fourth-order valence-corrected chi connectivity index (χ4v) is 5.04. The molecule has 1 aliphatic rings. The Kier molecular flexibility index (Phi) is 4.67. The third-order valence-corrected chi connectivity index (χ3v) is 6.98. The Balaban J connectivity index is 1.85. The van der Waals surface area contributed by atoms with E-state index in [2.05, 4.69) is 6.07 Å². The van der Waals surface area contributed by atoms with Gasteiger partial charge in [-0.15, -0.1) is 0 Å². The number of carbonyl (C=O) groups is 1. The van der Waals surface area contributed by atoms with E-state index in [1.54, 1.807) is 55.6 Å². The summed E-state index contributed by atoms with van der Waals surface area (Å²) >= 11 is 0. The van der Waals surface area contributed by atoms with Gasteiger partial charge in [0.1, 0.15) is 0 Å². The van der Waals surface area contributed by atoms with Crippen LogP contribution in [0.3, 0.4) is 0 Å². The maximum Gasteiger partial charge on any atom is 0.309 e. The van der Waals surface area contributed by atoms with Crippen LogP contribution in [0.5, 0.6) is 0 Å². The molecular weight excluding hydrogens is 388 g/mol. The van der Waals surface area contributed by atoms with Gasteiger partial charge < -0.3 is 4.74 Å². The molecule has 29 heavy (non-hydrogen) atoms. The third-order valence-electron chi connectivity index (χ3n) is 5.29. The summed E-state index contributed by atoms with van der Waals surface area (Å²) in [6, 6.07) is 13.7. The van der Waals surface area contributed by atoms with E-state index < -0.39 is 10.0 Å². The number of esters is 1. The summed E-state index contributed by atoms with van der Waals surface area (Å²) < 4.78 is 33.0. The topological polar surface area (TPSA) is 89.2 Å². The summed E-state index contributed by atoms with van der Waals surface area (Å²) in [6.07, 6.45) is 2.20. The van der Waals surface area contributed by atoms with Gasteiger partial charge >= 0.3 is 5.97 Å². The Morgan fingerprint density at radius 2 is 1.97 bits per heavy atom. The van der Waals surface area contributed by atoms with Gasteiger partial charge in [-0.3, -0.25) is 4.79 Å². The van der Waals surface area contributed by atoms with Gasteiger partial charge in [0.2, 0.25) is 0 Å². The number of nitrogens with zero attached hydrogens (tertiary/aromatic N) is 2. The molecule has 6 nitrogen and oxygen atoms in total. The quantitative estimate of drug-likeness (QED) is 0.600. The monoisotopic (exact) mass is 408 g/mol. The van der Waals surface area contributed by atoms with Crippen LogP contribution in [0.15, 0.2) is 53.6 Å². The van der Waals surface area contributed by atoms with E-state index in [4.69, 9.17) is 4.74 Å². The Hall–Kier alpha value is -3.11. The average molecular weight is 408 g/mol. The van der Waals surface area contributed by atoms with Crippen molar-refractivity contribution >= 4 is 26.9 Å². The lowest BCUT2D eigenvalue weighted by Gasteiger charge is -2.08. The zero-order valence-electron chi connectivity index (χ0n) is 16.1. The highest BCUT2D eigenvalue weighted by molar-refractivity contribution is 7.90. The normalized spacial score (nSPS) is 18.4. The van der Waals surface area contributed by atoms with Crippen molar-refractivity contribution in [3.05, 3.63) is 65.4 Å². The van der Waals surface area contributed by atoms with Gasteiger partial charge in [0.25, 0.3) is 10.0 Å². The molecule has 1 fully saturated rings. The molecule has 3 aromatic rings. The first-order valence-corrected chi connectivity index (χ1v) is 10.8. The summed E-state index contributed by atoms with van der Waals surface area (Å²) in [5.41, 5.74) is 2.66. The van der Waals surface area contributed by atoms with E-state index in [9.17, 15) is 18.5 Å². The van der Waals surface area contributed by atoms with Crippen molar-refractivity contribution in [1.82, 2.24) is 3.97 Å². The maximum absolute atomic E-state index is 13.3. The summed E-state index contributed by atoms with van der Waals surface area (Å²) in [4.78, 5) is 12.3. The first-order valence-electron chi connectivity index (χ1n) is 9.40. The number of hydrogen-bond acceptors (Lipinski definition) is 5. The minimum Gasteiger partial charge on any atom is -0.466 e. The molecule has 7 heteroatoms. The Morgan fingerprint density at radius 1 is 1.24 bits per heavy atom. The molecule has 2 unspecified atom stereocenters. The fourth-order valence-electron chi connectivity index (χ4n) is 3.66. The first-order chi connectivity index (χ1) is 13.9. The van der Waals surface area contributed by atoms with Gasteiger partial charge in [-0.1, -0.05) is 17.7 Å². The second-order valence-electron chi connectivity index (χ2n) is 7.24. The molecule has 1 aliphatic carbocycles. The number of benzene rings is 2. The predicted molar refractivity (Wildman–Crippen MR) is 108 cm³/mol. The number of aryl methyl sites for hydroxylation is 1. The van der Waals surface area contributed by atoms with Crippen LogP contribution in [0, 0.1) is 24.2 Å². The van der Waals surface area contributed by atoms with Crippen molar-refractivity contribution in [2.75, 3.05) is 6.61 Å². The number of nitriles is 1. The molecule has 0 N–H and O–H groups in total. The van der Waals surface area contributed by atoms with Gasteiger partial charge in [-0.2, -0.15) is 5.26 Å². The zero-order valence-corrected chi connectivity index (χ0v) is 16.9. The molecule has 0 bridgehead atoms. The lowest BCUT2D eigenvalue weighted by Crippen LogP contribution is -2.12. The molecular formula is C22H20N2O4S. The molecule has 1 saturated carbocycles. The summed E-state index contributed by atoms with van der Waals surface area (Å²) in [6.45, 7) is 3.96. The van der Waals surface area contributed by atoms with E-state index >= 15 is 0 Å². The van der Waals surface area contributed by atoms with E-state index in [1.807, 2.05) is 6.92 Å². The lowest BCUT2D eigenvalue weighted by atomic mass is 10.1. The molecule has 1 aromatic heterocycles. The molecule has 1 heterocycles. The highest BCUT2D eigenvalue weighted by Gasteiger charge is 2.46. The summed E-state index contributed by atoms with van der Waals surface area (Å²) in [7, 11) is -3.82. The van der Waals surface area contributed by atoms with Gasteiger partial charge in [-0.05, 0) is 56.2 Å². The third kappa shape index (κ3) is 3.30. The highest BCUT2D eigenvalue weighted by Crippen LogP contribution is 2.51. The minimum atomic E-state index is -3.82. The van der Waals surface area contributed by atoms with E-state index in [1.165, 1.54) is 3.97 Å². The molecule has 4 rings (SSSR count). The lowest BCUT2D eigenvalue weighted by molar-refractivity contribution is -0.144. The van der Waals surface area contributed by atoms with Crippen LogP contribution in [0.2, 0.25) is 0 Å². The van der Waals surface area contributed by atoms with E-state index in [-0.39, 0.29) is 22.7 Å². The number of ether oxygens (including phenoxy) is 1. The van der Waals surface area contributed by atoms with Crippen molar-refractivity contribution in [1.29, 1.82) is 5.26 Å². The summed E-state index contributed by atoms with van der Waals surface area (Å²) in [5.74, 6) is -0.655. The number of fused-ring (bicyclic) bond motifs is 1. The van der Waals surface area contributed by atoms with Gasteiger partial charge in [0, 0.05) is 17.5 Å². The molecule has 2 atom stereocenters. The Morgan fingerprint density at radius 3 is 2.62 bits per heavy atom. The first kappa shape index (κ1) is 19.2. The van der Waals surface area contributed by atoms with Crippen LogP contribution in [0.4, 0.5) is 0 Å². The van der Waals surface area contributed by atoms with E-state index in [0.29, 0.717) is 29.5 Å². The standard InChI is InChI=1S/C22H20N2O4S/c1-3-28-22(25)19-11-17(19)20-13-24(21-9-6-15(12-23)10-18(20)21)29(26,27)16-7-4-14(2)5-8-16/h4-10,13,17,19H,3,11H2,1-2H3. The van der Waals surface area contributed by atoms with Crippen molar-refractivity contribution in [2.45, 2.75) is 31.1 Å². The van der Waals surface area contributed by atoms with Crippen molar-refractivity contribution in [3.8, 4) is 6.07 Å². The molecule has 148 valence electrons. The smallest absolute Gasteiger partial charge is 0.309 e. The van der Waals surface area contributed by atoms with Crippen LogP contribution in [-0.4, -0.2) is 25.0 Å². The number of rotatable bonds is 5. The zero-order chi connectivity index (χ0) is 20.8. The van der Waals surface area contributed by atoms with Crippen molar-refractivity contribution in [3.63, 3.8) is 0 Å². The number of hydrogen-bond donors (Lipinski definition) is 0. The fraction of sp³-hybridized carbons (Fsp3) is 0.273. The van der Waals surface area contributed by atoms with Crippen molar-refractivity contribution in [2.24, 2.45) is 5.92 Å². The van der Waals surface area contributed by atoms with Crippen LogP contribution < -0.4 is 0 Å². The Bertz CT molecular complexity index is 1250. The second kappa shape index (κ2) is 7.05. The van der Waals surface area contributed by atoms with Crippen LogP contribution in [0.25, 0.3) is 10.9 Å². The van der Waals surface area contributed by atoms with Gasteiger partial charge in [0.05, 0.1) is 34.6 Å². The molecule has 0 radical (unpaired) electrons. The summed E-state index contributed by atoms with van der Waals surface area (Å²) in [5, 5.41) is 9.95. The Labute approximate surface area is 169 Å². The predicted octanol–water partition coefficient (Wildman–Crippen LogP) is 3.73. The average Bonchev–Trinajstić information content (AvgIpc) is 3.41. The van der Waals surface area contributed by atoms with Crippen LogP contribution in [0.1, 0.15) is 36.0 Å². The second-order valence-corrected chi connectivity index (χ2v) is 9.06. The van der Waals surface area contributed by atoms with Gasteiger partial charge in [0.15, 0.2) is 0 Å². The highest BCUT2D eigenvalue weighted by atomic mass is 32.2. The number of aromatic nitrogens is 1.